The van der Waals surface area contributed by atoms with Crippen molar-refractivity contribution in [2.75, 3.05) is 5.32 Å². The molecule has 0 saturated carbocycles. The van der Waals surface area contributed by atoms with E-state index in [0.29, 0.717) is 6.42 Å². The van der Waals surface area contributed by atoms with Crippen molar-refractivity contribution in [2.24, 2.45) is 0 Å². The number of nitrogens with one attached hydrogen (secondary N) is 1. The number of hydrogen-bond acceptors (Lipinski definition) is 3. The lowest BCUT2D eigenvalue weighted by atomic mass is 10.1. The van der Waals surface area contributed by atoms with Gasteiger partial charge in [0.25, 0.3) is 0 Å². The van der Waals surface area contributed by atoms with Gasteiger partial charge >= 0.3 is 0 Å². The van der Waals surface area contributed by atoms with E-state index >= 15 is 0 Å². The summed E-state index contributed by atoms with van der Waals surface area (Å²) in [4.78, 5) is 17.3. The smallest absolute Gasteiger partial charge is 0.237 e. The van der Waals surface area contributed by atoms with Crippen LogP contribution in [0.2, 0.25) is 0 Å². The van der Waals surface area contributed by atoms with Gasteiger partial charge in [0.1, 0.15) is 5.82 Å². The van der Waals surface area contributed by atoms with Gasteiger partial charge in [0, 0.05) is 5.39 Å². The predicted molar refractivity (Wildman–Crippen MR) is 106 cm³/mol. The molecule has 3 aromatic rings. The number of rotatable bonds is 5. The molecule has 1 aromatic heterocycles. The summed E-state index contributed by atoms with van der Waals surface area (Å²) in [6, 6.07) is 14.3. The summed E-state index contributed by atoms with van der Waals surface area (Å²) in [5, 5.41) is 4.27. The largest absolute Gasteiger partial charge is 0.323 e. The molecule has 1 unspecified atom stereocenters. The third-order valence-corrected chi connectivity index (χ3v) is 5.57. The Labute approximate surface area is 157 Å². The number of halogens is 1. The Hall–Kier alpha value is -2.40. The molecule has 1 amide bonds. The van der Waals surface area contributed by atoms with Crippen molar-refractivity contribution < 1.29 is 9.18 Å². The molecule has 2 aromatic carbocycles. The Balaban J connectivity index is 1.84. The predicted octanol–water partition coefficient (Wildman–Crippen LogP) is 5.50. The van der Waals surface area contributed by atoms with Crippen molar-refractivity contribution in [3.05, 3.63) is 65.5 Å². The number of fused-ring (bicyclic) bond motifs is 1. The van der Waals surface area contributed by atoms with E-state index in [0.717, 1.165) is 27.1 Å². The highest BCUT2D eigenvalue weighted by Crippen LogP contribution is 2.30. The molecule has 0 aliphatic carbocycles. The van der Waals surface area contributed by atoms with Crippen molar-refractivity contribution in [1.29, 1.82) is 0 Å². The van der Waals surface area contributed by atoms with E-state index < -0.39 is 5.82 Å². The van der Waals surface area contributed by atoms with Gasteiger partial charge < -0.3 is 5.32 Å². The zero-order chi connectivity index (χ0) is 18.7. The minimum atomic E-state index is -0.434. The Morgan fingerprint density at radius 2 is 1.92 bits per heavy atom. The molecule has 0 spiro atoms. The Morgan fingerprint density at radius 3 is 2.65 bits per heavy atom. The molecule has 0 saturated heterocycles. The van der Waals surface area contributed by atoms with Crippen LogP contribution < -0.4 is 5.32 Å². The molecule has 26 heavy (non-hydrogen) atoms. The first kappa shape index (κ1) is 18.4. The second-order valence-electron chi connectivity index (χ2n) is 6.23. The molecule has 134 valence electrons. The van der Waals surface area contributed by atoms with Gasteiger partial charge in [0.2, 0.25) is 5.91 Å². The Morgan fingerprint density at radius 1 is 1.15 bits per heavy atom. The van der Waals surface area contributed by atoms with Crippen LogP contribution in [0.15, 0.2) is 53.6 Å². The SMILES string of the molecule is CCC(Sc1cc(C)c2cccc(C)c2n1)C(=O)Nc1ccccc1F. The number of carbonyl (C=O) groups excluding carboxylic acids is 1. The van der Waals surface area contributed by atoms with E-state index in [1.165, 1.54) is 17.8 Å². The van der Waals surface area contributed by atoms with Crippen LogP contribution in [0.5, 0.6) is 0 Å². The fourth-order valence-electron chi connectivity index (χ4n) is 2.84. The molecule has 0 aliphatic heterocycles. The fourth-order valence-corrected chi connectivity index (χ4v) is 3.85. The topological polar surface area (TPSA) is 42.0 Å². The molecule has 0 fully saturated rings. The standard InChI is InChI=1S/C21H21FN2OS/c1-4-18(21(25)23-17-11-6-5-10-16(17)22)26-19-12-14(3)15-9-7-8-13(2)20(15)24-19/h5-12,18H,4H2,1-3H3,(H,23,25). The lowest BCUT2D eigenvalue weighted by Gasteiger charge is -2.16. The number of anilines is 1. The quantitative estimate of drug-likeness (QED) is 0.605. The first-order chi connectivity index (χ1) is 12.5. The zero-order valence-electron chi connectivity index (χ0n) is 15.0. The lowest BCUT2D eigenvalue weighted by molar-refractivity contribution is -0.115. The van der Waals surface area contributed by atoms with Crippen molar-refractivity contribution in [3.63, 3.8) is 0 Å². The van der Waals surface area contributed by atoms with Gasteiger partial charge in [-0.05, 0) is 49.6 Å². The normalized spacial score (nSPS) is 12.2. The van der Waals surface area contributed by atoms with E-state index in [1.54, 1.807) is 18.2 Å². The number of aryl methyl sites for hydroxylation is 2. The summed E-state index contributed by atoms with van der Waals surface area (Å²) in [7, 11) is 0. The molecule has 1 N–H and O–H groups in total. The minimum Gasteiger partial charge on any atom is -0.323 e. The number of para-hydroxylation sites is 2. The monoisotopic (exact) mass is 368 g/mol. The summed E-state index contributed by atoms with van der Waals surface area (Å²) in [5.41, 5.74) is 3.40. The molecule has 3 nitrogen and oxygen atoms in total. The molecule has 5 heteroatoms. The molecule has 0 aliphatic rings. The number of benzene rings is 2. The summed E-state index contributed by atoms with van der Waals surface area (Å²) < 4.78 is 13.8. The van der Waals surface area contributed by atoms with Crippen LogP contribution in [0.4, 0.5) is 10.1 Å². The maximum atomic E-state index is 13.8. The molecular formula is C21H21FN2OS. The molecule has 1 heterocycles. The van der Waals surface area contributed by atoms with Gasteiger partial charge in [0.15, 0.2) is 0 Å². The van der Waals surface area contributed by atoms with Crippen molar-refractivity contribution in [1.82, 2.24) is 4.98 Å². The summed E-state index contributed by atoms with van der Waals surface area (Å²) in [6.45, 7) is 6.02. The van der Waals surface area contributed by atoms with Crippen LogP contribution in [0.25, 0.3) is 10.9 Å². The second kappa shape index (κ2) is 7.87. The summed E-state index contributed by atoms with van der Waals surface area (Å²) in [6.07, 6.45) is 0.623. The highest BCUT2D eigenvalue weighted by molar-refractivity contribution is 8.00. The number of hydrogen-bond donors (Lipinski definition) is 1. The Bertz CT molecular complexity index is 958. The average molecular weight is 368 g/mol. The Kier molecular flexibility index (Phi) is 5.57. The van der Waals surface area contributed by atoms with E-state index in [1.807, 2.05) is 39.0 Å². The molecule has 3 rings (SSSR count). The van der Waals surface area contributed by atoms with Gasteiger partial charge in [-0.3, -0.25) is 4.79 Å². The van der Waals surface area contributed by atoms with Crippen LogP contribution >= 0.6 is 11.8 Å². The van der Waals surface area contributed by atoms with Gasteiger partial charge in [-0.25, -0.2) is 9.37 Å². The van der Waals surface area contributed by atoms with E-state index in [4.69, 9.17) is 4.98 Å². The molecule has 1 atom stereocenters. The molecular weight excluding hydrogens is 347 g/mol. The maximum absolute atomic E-state index is 13.8. The third kappa shape index (κ3) is 3.88. The van der Waals surface area contributed by atoms with Gasteiger partial charge in [-0.2, -0.15) is 0 Å². The summed E-state index contributed by atoms with van der Waals surface area (Å²) >= 11 is 1.41. The van der Waals surface area contributed by atoms with Gasteiger partial charge in [-0.15, -0.1) is 0 Å². The molecule has 0 bridgehead atoms. The van der Waals surface area contributed by atoms with Crippen LogP contribution in [0, 0.1) is 19.7 Å². The van der Waals surface area contributed by atoms with Gasteiger partial charge in [0.05, 0.1) is 21.5 Å². The highest BCUT2D eigenvalue weighted by Gasteiger charge is 2.20. The number of thioether (sulfide) groups is 1. The fraction of sp³-hybridized carbons (Fsp3) is 0.238. The van der Waals surface area contributed by atoms with E-state index in [2.05, 4.69) is 11.4 Å². The van der Waals surface area contributed by atoms with E-state index in [9.17, 15) is 9.18 Å². The van der Waals surface area contributed by atoms with E-state index in [-0.39, 0.29) is 16.8 Å². The first-order valence-corrected chi connectivity index (χ1v) is 9.46. The average Bonchev–Trinajstić information content (AvgIpc) is 2.62. The van der Waals surface area contributed by atoms with Crippen LogP contribution in [0.3, 0.4) is 0 Å². The lowest BCUT2D eigenvalue weighted by Crippen LogP contribution is -2.25. The van der Waals surface area contributed by atoms with Crippen molar-refractivity contribution in [2.45, 2.75) is 37.5 Å². The van der Waals surface area contributed by atoms with Crippen LogP contribution in [-0.2, 0) is 4.79 Å². The van der Waals surface area contributed by atoms with Crippen LogP contribution in [0.1, 0.15) is 24.5 Å². The summed E-state index contributed by atoms with van der Waals surface area (Å²) in [5.74, 6) is -0.650. The first-order valence-electron chi connectivity index (χ1n) is 8.58. The number of amides is 1. The van der Waals surface area contributed by atoms with Crippen molar-refractivity contribution in [3.8, 4) is 0 Å². The third-order valence-electron chi connectivity index (χ3n) is 4.28. The number of pyridine rings is 1. The number of nitrogens with zero attached hydrogens (tertiary/aromatic N) is 1. The highest BCUT2D eigenvalue weighted by atomic mass is 32.2. The van der Waals surface area contributed by atoms with Crippen LogP contribution in [-0.4, -0.2) is 16.1 Å². The van der Waals surface area contributed by atoms with Crippen molar-refractivity contribution >= 4 is 34.3 Å². The number of aromatic nitrogens is 1. The zero-order valence-corrected chi connectivity index (χ0v) is 15.9. The maximum Gasteiger partial charge on any atom is 0.237 e. The molecule has 0 radical (unpaired) electrons. The second-order valence-corrected chi connectivity index (χ2v) is 7.46. The minimum absolute atomic E-state index is 0.204. The van der Waals surface area contributed by atoms with Gasteiger partial charge in [-0.1, -0.05) is 49.0 Å². The number of carbonyl (C=O) groups is 1.